The third kappa shape index (κ3) is 3.80. The van der Waals surface area contributed by atoms with E-state index in [4.69, 9.17) is 9.88 Å². The number of sulfonamides is 1. The highest BCUT2D eigenvalue weighted by molar-refractivity contribution is 7.89. The SMILES string of the molecule is CCC(C)c1ccc(Oc2ncccc2S(N)(=O)=O)cc1. The predicted molar refractivity (Wildman–Crippen MR) is 80.8 cm³/mol. The number of primary sulfonamides is 1. The van der Waals surface area contributed by atoms with Crippen LogP contribution < -0.4 is 9.88 Å². The van der Waals surface area contributed by atoms with Crippen LogP contribution in [0.2, 0.25) is 0 Å². The predicted octanol–water partition coefficient (Wildman–Crippen LogP) is 3.03. The number of hydrogen-bond donors (Lipinski definition) is 1. The summed E-state index contributed by atoms with van der Waals surface area (Å²) in [7, 11) is -3.87. The summed E-state index contributed by atoms with van der Waals surface area (Å²) < 4.78 is 28.5. The molecule has 2 rings (SSSR count). The van der Waals surface area contributed by atoms with E-state index in [-0.39, 0.29) is 10.8 Å². The Hall–Kier alpha value is -1.92. The van der Waals surface area contributed by atoms with Gasteiger partial charge in [-0.05, 0) is 42.2 Å². The average Bonchev–Trinajstić information content (AvgIpc) is 2.47. The molecule has 0 bridgehead atoms. The molecule has 0 radical (unpaired) electrons. The van der Waals surface area contributed by atoms with Gasteiger partial charge in [0.1, 0.15) is 10.6 Å². The quantitative estimate of drug-likeness (QED) is 0.920. The molecule has 1 unspecified atom stereocenters. The lowest BCUT2D eigenvalue weighted by atomic mass is 9.99. The number of pyridine rings is 1. The van der Waals surface area contributed by atoms with E-state index >= 15 is 0 Å². The van der Waals surface area contributed by atoms with Crippen LogP contribution in [0.15, 0.2) is 47.5 Å². The standard InChI is InChI=1S/C15H18N2O3S/c1-3-11(2)12-6-8-13(9-7-12)20-15-14(21(16,18)19)5-4-10-17-15/h4-11H,3H2,1-2H3,(H2,16,18,19). The van der Waals surface area contributed by atoms with Crippen LogP contribution in [0.25, 0.3) is 0 Å². The molecule has 112 valence electrons. The molecule has 0 saturated carbocycles. The minimum Gasteiger partial charge on any atom is -0.438 e. The van der Waals surface area contributed by atoms with Crippen LogP contribution in [0, 0.1) is 0 Å². The van der Waals surface area contributed by atoms with Gasteiger partial charge in [-0.1, -0.05) is 26.0 Å². The van der Waals surface area contributed by atoms with Crippen molar-refractivity contribution in [2.75, 3.05) is 0 Å². The molecule has 1 atom stereocenters. The van der Waals surface area contributed by atoms with E-state index in [2.05, 4.69) is 18.8 Å². The van der Waals surface area contributed by atoms with Crippen LogP contribution in [-0.2, 0) is 10.0 Å². The highest BCUT2D eigenvalue weighted by Gasteiger charge is 2.16. The van der Waals surface area contributed by atoms with Crippen LogP contribution >= 0.6 is 0 Å². The van der Waals surface area contributed by atoms with E-state index in [0.29, 0.717) is 11.7 Å². The minimum absolute atomic E-state index is 0.0173. The van der Waals surface area contributed by atoms with Crippen LogP contribution in [0.5, 0.6) is 11.6 Å². The first-order valence-electron chi connectivity index (χ1n) is 6.67. The summed E-state index contributed by atoms with van der Waals surface area (Å²) in [5.41, 5.74) is 1.21. The molecule has 1 aromatic heterocycles. The Morgan fingerprint density at radius 1 is 1.24 bits per heavy atom. The highest BCUT2D eigenvalue weighted by atomic mass is 32.2. The Balaban J connectivity index is 2.27. The van der Waals surface area contributed by atoms with Crippen LogP contribution in [-0.4, -0.2) is 13.4 Å². The van der Waals surface area contributed by atoms with Gasteiger partial charge in [-0.15, -0.1) is 0 Å². The Kier molecular flexibility index (Phi) is 4.59. The Morgan fingerprint density at radius 3 is 2.48 bits per heavy atom. The zero-order valence-corrected chi connectivity index (χ0v) is 12.8. The third-order valence-corrected chi connectivity index (χ3v) is 4.24. The summed E-state index contributed by atoms with van der Waals surface area (Å²) >= 11 is 0. The van der Waals surface area contributed by atoms with Gasteiger partial charge >= 0.3 is 0 Å². The summed E-state index contributed by atoms with van der Waals surface area (Å²) in [6, 6.07) is 10.4. The third-order valence-electron chi connectivity index (χ3n) is 3.32. The molecule has 0 aliphatic carbocycles. The zero-order valence-electron chi connectivity index (χ0n) is 12.0. The van der Waals surface area contributed by atoms with Crippen LogP contribution in [0.3, 0.4) is 0 Å². The van der Waals surface area contributed by atoms with Gasteiger partial charge in [-0.25, -0.2) is 18.5 Å². The molecule has 0 saturated heterocycles. The van der Waals surface area contributed by atoms with Crippen molar-refractivity contribution < 1.29 is 13.2 Å². The number of hydrogen-bond acceptors (Lipinski definition) is 4. The first-order chi connectivity index (χ1) is 9.91. The topological polar surface area (TPSA) is 82.3 Å². The molecule has 5 nitrogen and oxygen atoms in total. The van der Waals surface area contributed by atoms with Crippen LogP contribution in [0.1, 0.15) is 31.7 Å². The van der Waals surface area contributed by atoms with E-state index in [1.165, 1.54) is 23.9 Å². The molecule has 0 fully saturated rings. The van der Waals surface area contributed by atoms with Gasteiger partial charge in [-0.3, -0.25) is 0 Å². The van der Waals surface area contributed by atoms with Gasteiger partial charge in [0.2, 0.25) is 15.9 Å². The molecule has 21 heavy (non-hydrogen) atoms. The maximum Gasteiger partial charge on any atom is 0.243 e. The molecule has 1 aromatic carbocycles. The first kappa shape index (κ1) is 15.5. The molecular weight excluding hydrogens is 288 g/mol. The van der Waals surface area contributed by atoms with Crippen molar-refractivity contribution in [3.63, 3.8) is 0 Å². The summed E-state index contributed by atoms with van der Waals surface area (Å²) in [5, 5.41) is 5.15. The molecule has 0 spiro atoms. The molecule has 6 heteroatoms. The lowest BCUT2D eigenvalue weighted by Gasteiger charge is -2.11. The van der Waals surface area contributed by atoms with Crippen molar-refractivity contribution >= 4 is 10.0 Å². The van der Waals surface area contributed by atoms with Crippen molar-refractivity contribution in [3.05, 3.63) is 48.2 Å². The van der Waals surface area contributed by atoms with E-state index in [9.17, 15) is 8.42 Å². The van der Waals surface area contributed by atoms with E-state index in [1.807, 2.05) is 12.1 Å². The minimum atomic E-state index is -3.87. The molecule has 2 aromatic rings. The maximum absolute atomic E-state index is 11.5. The molecule has 0 aliphatic heterocycles. The van der Waals surface area contributed by atoms with Gasteiger partial charge in [0.25, 0.3) is 0 Å². The van der Waals surface area contributed by atoms with Crippen molar-refractivity contribution in [2.45, 2.75) is 31.1 Å². The van der Waals surface area contributed by atoms with E-state index < -0.39 is 10.0 Å². The summed E-state index contributed by atoms with van der Waals surface area (Å²) in [6.45, 7) is 4.27. The van der Waals surface area contributed by atoms with Crippen molar-refractivity contribution in [2.24, 2.45) is 5.14 Å². The summed E-state index contributed by atoms with van der Waals surface area (Å²) in [5.74, 6) is 0.968. The fraction of sp³-hybridized carbons (Fsp3) is 0.267. The van der Waals surface area contributed by atoms with Gasteiger partial charge in [0.05, 0.1) is 0 Å². The van der Waals surface area contributed by atoms with Crippen molar-refractivity contribution in [1.29, 1.82) is 0 Å². The van der Waals surface area contributed by atoms with Gasteiger partial charge in [0, 0.05) is 6.20 Å². The second kappa shape index (κ2) is 6.24. The normalized spacial score (nSPS) is 12.9. The molecular formula is C15H18N2O3S. The average molecular weight is 306 g/mol. The van der Waals surface area contributed by atoms with Crippen molar-refractivity contribution in [1.82, 2.24) is 4.98 Å². The van der Waals surface area contributed by atoms with E-state index in [1.54, 1.807) is 12.1 Å². The number of aromatic nitrogens is 1. The monoisotopic (exact) mass is 306 g/mol. The zero-order chi connectivity index (χ0) is 15.5. The van der Waals surface area contributed by atoms with Crippen LogP contribution in [0.4, 0.5) is 0 Å². The van der Waals surface area contributed by atoms with Gasteiger partial charge in [-0.2, -0.15) is 0 Å². The van der Waals surface area contributed by atoms with Gasteiger partial charge < -0.3 is 4.74 Å². The summed E-state index contributed by atoms with van der Waals surface area (Å²) in [4.78, 5) is 3.80. The number of rotatable bonds is 5. The van der Waals surface area contributed by atoms with Gasteiger partial charge in [0.15, 0.2) is 0 Å². The lowest BCUT2D eigenvalue weighted by Crippen LogP contribution is -2.13. The number of nitrogens with two attached hydrogens (primary N) is 1. The number of nitrogens with zero attached hydrogens (tertiary/aromatic N) is 1. The molecule has 0 amide bonds. The Labute approximate surface area is 124 Å². The molecule has 1 heterocycles. The van der Waals surface area contributed by atoms with E-state index in [0.717, 1.165) is 6.42 Å². The fourth-order valence-electron chi connectivity index (χ4n) is 1.88. The van der Waals surface area contributed by atoms with Crippen molar-refractivity contribution in [3.8, 4) is 11.6 Å². The highest BCUT2D eigenvalue weighted by Crippen LogP contribution is 2.27. The lowest BCUT2D eigenvalue weighted by molar-refractivity contribution is 0.447. The molecule has 2 N–H and O–H groups in total. The Bertz CT molecular complexity index is 712. The first-order valence-corrected chi connectivity index (χ1v) is 8.22. The Morgan fingerprint density at radius 2 is 1.90 bits per heavy atom. The fourth-order valence-corrected chi connectivity index (χ4v) is 2.49. The largest absolute Gasteiger partial charge is 0.438 e. The second-order valence-corrected chi connectivity index (χ2v) is 6.36. The maximum atomic E-state index is 11.5. The summed E-state index contributed by atoms with van der Waals surface area (Å²) in [6.07, 6.45) is 2.51. The number of benzene rings is 1. The smallest absolute Gasteiger partial charge is 0.243 e. The second-order valence-electron chi connectivity index (χ2n) is 4.83. The molecule has 0 aliphatic rings. The number of ether oxygens (including phenoxy) is 1.